The second kappa shape index (κ2) is 6.28. The Morgan fingerprint density at radius 1 is 1.26 bits per heavy atom. The van der Waals surface area contributed by atoms with E-state index in [1.165, 1.54) is 0 Å². The van der Waals surface area contributed by atoms with Gasteiger partial charge in [-0.1, -0.05) is 13.8 Å². The Kier molecular flexibility index (Phi) is 5.23. The Morgan fingerprint density at radius 3 is 2.37 bits per heavy atom. The summed E-state index contributed by atoms with van der Waals surface area (Å²) in [6, 6.07) is -0.762. The number of hydrogen-bond acceptors (Lipinski definition) is 3. The van der Waals surface area contributed by atoms with Crippen molar-refractivity contribution in [3.63, 3.8) is 0 Å². The van der Waals surface area contributed by atoms with E-state index < -0.39 is 23.7 Å². The van der Waals surface area contributed by atoms with Crippen LogP contribution in [-0.4, -0.2) is 46.4 Å². The van der Waals surface area contributed by atoms with E-state index in [0.29, 0.717) is 19.5 Å². The van der Waals surface area contributed by atoms with E-state index in [4.69, 9.17) is 0 Å². The third-order valence-corrected chi connectivity index (χ3v) is 3.97. The molecule has 19 heavy (non-hydrogen) atoms. The Hall–Kier alpha value is -1.23. The maximum Gasteiger partial charge on any atom is 0.382 e. The number of hydrogen-bond donors (Lipinski definition) is 1. The zero-order valence-corrected chi connectivity index (χ0v) is 12.0. The molecule has 0 aromatic heterocycles. The number of likely N-dealkylation sites (tertiary alicyclic amines) is 1. The number of quaternary nitrogens is 1. The van der Waals surface area contributed by atoms with Crippen molar-refractivity contribution in [1.82, 2.24) is 0 Å². The highest BCUT2D eigenvalue weighted by molar-refractivity contribution is 6.33. The van der Waals surface area contributed by atoms with Gasteiger partial charge >= 0.3 is 11.9 Å². The van der Waals surface area contributed by atoms with Gasteiger partial charge in [-0.05, 0) is 25.7 Å². The smallest absolute Gasteiger partial charge is 0.382 e. The molecule has 1 aliphatic heterocycles. The fraction of sp³-hybridized carbons (Fsp3) is 0.786. The number of likely N-dealkylation sites (N-methyl/N-ethyl adjacent to an activating group) is 1. The van der Waals surface area contributed by atoms with Gasteiger partial charge in [0, 0.05) is 12.8 Å². The van der Waals surface area contributed by atoms with Gasteiger partial charge in [-0.25, -0.2) is 14.1 Å². The zero-order chi connectivity index (χ0) is 14.6. The Labute approximate surface area is 114 Å². The largest absolute Gasteiger partial charge is 0.477 e. The summed E-state index contributed by atoms with van der Waals surface area (Å²) in [6.07, 6.45) is 2.29. The number of amides is 1. The Morgan fingerprint density at radius 2 is 1.89 bits per heavy atom. The number of ketones is 1. The molecule has 0 radical (unpaired) electrons. The van der Waals surface area contributed by atoms with Gasteiger partial charge in [0.1, 0.15) is 0 Å². The molecule has 1 rings (SSSR count). The van der Waals surface area contributed by atoms with Gasteiger partial charge in [0.2, 0.25) is 0 Å². The summed E-state index contributed by atoms with van der Waals surface area (Å²) in [7, 11) is 0. The Balaban J connectivity index is 3.03. The molecule has 2 unspecified atom stereocenters. The summed E-state index contributed by atoms with van der Waals surface area (Å²) in [5.74, 6) is -1.79. The second-order valence-electron chi connectivity index (χ2n) is 5.75. The monoisotopic (exact) mass is 270 g/mol. The molecule has 5 nitrogen and oxygen atoms in total. The minimum Gasteiger partial charge on any atom is -0.477 e. The summed E-state index contributed by atoms with van der Waals surface area (Å²) < 4.78 is -0.194. The molecular formula is C14H24NO4+. The summed E-state index contributed by atoms with van der Waals surface area (Å²) in [4.78, 5) is 35.9. The molecule has 1 saturated heterocycles. The zero-order valence-electron chi connectivity index (χ0n) is 12.0. The van der Waals surface area contributed by atoms with Crippen LogP contribution in [0.3, 0.4) is 0 Å². The number of nitrogens with zero attached hydrogens (tertiary/aromatic N) is 1. The normalized spacial score (nSPS) is 27.3. The summed E-state index contributed by atoms with van der Waals surface area (Å²) in [6.45, 7) is 6.40. The third-order valence-electron chi connectivity index (χ3n) is 3.97. The molecule has 0 aromatic rings. The predicted molar refractivity (Wildman–Crippen MR) is 70.4 cm³/mol. The van der Waals surface area contributed by atoms with Crippen LogP contribution in [0.5, 0.6) is 0 Å². The molecule has 0 aromatic carbocycles. The van der Waals surface area contributed by atoms with Crippen molar-refractivity contribution in [1.29, 1.82) is 0 Å². The average Bonchev–Trinajstić information content (AvgIpc) is 2.36. The van der Waals surface area contributed by atoms with Gasteiger partial charge < -0.3 is 5.11 Å². The van der Waals surface area contributed by atoms with Crippen LogP contribution in [0.2, 0.25) is 0 Å². The Bertz CT molecular complexity index is 378. The van der Waals surface area contributed by atoms with E-state index in [1.54, 1.807) is 6.92 Å². The van der Waals surface area contributed by atoms with Crippen LogP contribution in [-0.2, 0) is 14.4 Å². The fourth-order valence-electron chi connectivity index (χ4n) is 2.94. The van der Waals surface area contributed by atoms with Crippen LogP contribution < -0.4 is 0 Å². The molecule has 1 heterocycles. The minimum absolute atomic E-state index is 0.112. The third kappa shape index (κ3) is 3.21. The lowest BCUT2D eigenvalue weighted by Gasteiger charge is -2.42. The number of Topliss-reactive ketones (excluding diaryl/α,β-unsaturated/α-hetero) is 1. The van der Waals surface area contributed by atoms with E-state index >= 15 is 0 Å². The van der Waals surface area contributed by atoms with Crippen LogP contribution >= 0.6 is 0 Å². The van der Waals surface area contributed by atoms with Crippen molar-refractivity contribution in [2.75, 3.05) is 13.1 Å². The summed E-state index contributed by atoms with van der Waals surface area (Å²) >= 11 is 0. The van der Waals surface area contributed by atoms with Crippen molar-refractivity contribution in [3.8, 4) is 0 Å². The van der Waals surface area contributed by atoms with E-state index in [2.05, 4.69) is 0 Å². The highest BCUT2D eigenvalue weighted by Crippen LogP contribution is 2.27. The maximum atomic E-state index is 12.5. The maximum absolute atomic E-state index is 12.5. The SMILES string of the molecule is CC[N+]1(C(=O)C(=O)CC(C)C)CCCCC1C(=O)O. The lowest BCUT2D eigenvalue weighted by atomic mass is 9.95. The predicted octanol–water partition coefficient (Wildman–Crippen LogP) is 1.60. The van der Waals surface area contributed by atoms with Crippen molar-refractivity contribution in [2.45, 2.75) is 52.5 Å². The minimum atomic E-state index is -0.966. The number of carboxylic acids is 1. The van der Waals surface area contributed by atoms with E-state index in [9.17, 15) is 19.5 Å². The molecular weight excluding hydrogens is 246 g/mol. The molecule has 0 aliphatic carbocycles. The lowest BCUT2D eigenvalue weighted by Crippen LogP contribution is -2.66. The lowest BCUT2D eigenvalue weighted by molar-refractivity contribution is -0.871. The van der Waals surface area contributed by atoms with Gasteiger partial charge in [0.15, 0.2) is 6.04 Å². The standard InChI is InChI=1S/C14H23NO4/c1-4-15(13(17)12(16)9-10(2)3)8-6-5-7-11(15)14(18)19/h10-11H,4-9H2,1-3H3/p+1. The first-order valence-electron chi connectivity index (χ1n) is 7.02. The van der Waals surface area contributed by atoms with Crippen LogP contribution in [0.15, 0.2) is 0 Å². The van der Waals surface area contributed by atoms with Gasteiger partial charge in [-0.15, -0.1) is 0 Å². The first kappa shape index (κ1) is 15.8. The number of piperidine rings is 1. The van der Waals surface area contributed by atoms with E-state index in [1.807, 2.05) is 13.8 Å². The van der Waals surface area contributed by atoms with Crippen LogP contribution in [0.1, 0.15) is 46.5 Å². The number of carbonyl (C=O) groups is 3. The average molecular weight is 270 g/mol. The molecule has 5 heteroatoms. The van der Waals surface area contributed by atoms with E-state index in [-0.39, 0.29) is 16.8 Å². The second-order valence-corrected chi connectivity index (χ2v) is 5.75. The van der Waals surface area contributed by atoms with Gasteiger partial charge in [0.05, 0.1) is 13.1 Å². The van der Waals surface area contributed by atoms with Gasteiger partial charge in [-0.2, -0.15) is 0 Å². The molecule has 108 valence electrons. The highest BCUT2D eigenvalue weighted by Gasteiger charge is 2.50. The molecule has 1 N–H and O–H groups in total. The summed E-state index contributed by atoms with van der Waals surface area (Å²) in [5.41, 5.74) is 0. The van der Waals surface area contributed by atoms with E-state index in [0.717, 1.165) is 12.8 Å². The first-order valence-corrected chi connectivity index (χ1v) is 7.02. The molecule has 2 atom stereocenters. The molecule has 1 fully saturated rings. The molecule has 0 bridgehead atoms. The number of carboxylic acid groups (broad SMARTS) is 1. The fourth-order valence-corrected chi connectivity index (χ4v) is 2.94. The summed E-state index contributed by atoms with van der Waals surface area (Å²) in [5, 5.41) is 9.34. The van der Waals surface area contributed by atoms with Crippen molar-refractivity contribution in [3.05, 3.63) is 0 Å². The first-order chi connectivity index (χ1) is 8.85. The number of carbonyl (C=O) groups excluding carboxylic acids is 2. The molecule has 1 aliphatic rings. The quantitative estimate of drug-likeness (QED) is 0.608. The number of rotatable bonds is 5. The highest BCUT2D eigenvalue weighted by atomic mass is 16.4. The van der Waals surface area contributed by atoms with Crippen LogP contribution in [0.25, 0.3) is 0 Å². The van der Waals surface area contributed by atoms with Crippen LogP contribution in [0.4, 0.5) is 0 Å². The van der Waals surface area contributed by atoms with Crippen molar-refractivity contribution < 1.29 is 24.0 Å². The van der Waals surface area contributed by atoms with Crippen molar-refractivity contribution in [2.24, 2.45) is 5.92 Å². The van der Waals surface area contributed by atoms with Crippen LogP contribution in [0, 0.1) is 5.92 Å². The molecule has 0 spiro atoms. The van der Waals surface area contributed by atoms with Gasteiger partial charge in [-0.3, -0.25) is 4.79 Å². The topological polar surface area (TPSA) is 71.4 Å². The number of aliphatic carboxylic acids is 1. The molecule has 1 amide bonds. The molecule has 0 saturated carbocycles. The van der Waals surface area contributed by atoms with Crippen molar-refractivity contribution >= 4 is 17.7 Å². The van der Waals surface area contributed by atoms with Gasteiger partial charge in [0.25, 0.3) is 5.78 Å².